The van der Waals surface area contributed by atoms with E-state index >= 15 is 0 Å². The second-order valence-corrected chi connectivity index (χ2v) is 4.16. The molecule has 0 unspecified atom stereocenters. The summed E-state index contributed by atoms with van der Waals surface area (Å²) in [7, 11) is 3.35. The summed E-state index contributed by atoms with van der Waals surface area (Å²) in [5.74, 6) is 1.74. The molecule has 0 atom stereocenters. The van der Waals surface area contributed by atoms with Crippen molar-refractivity contribution in [3.63, 3.8) is 0 Å². The van der Waals surface area contributed by atoms with Crippen LogP contribution in [0.5, 0.6) is 11.5 Å². The number of rotatable bonds is 4. The zero-order valence-corrected chi connectivity index (χ0v) is 11.5. The summed E-state index contributed by atoms with van der Waals surface area (Å²) in [5, 5.41) is 0. The number of hydrogen-bond acceptors (Lipinski definition) is 2. The highest BCUT2D eigenvalue weighted by Gasteiger charge is 2.04. The molecule has 0 bridgehead atoms. The molecule has 0 spiro atoms. The van der Waals surface area contributed by atoms with Gasteiger partial charge in [-0.3, -0.25) is 0 Å². The van der Waals surface area contributed by atoms with Crippen molar-refractivity contribution in [3.05, 3.63) is 65.7 Å². The van der Waals surface area contributed by atoms with Gasteiger partial charge in [-0.2, -0.15) is 0 Å². The predicted octanol–water partition coefficient (Wildman–Crippen LogP) is 4.16. The summed E-state index contributed by atoms with van der Waals surface area (Å²) in [6.07, 6.45) is 2.11. The molecule has 2 rings (SSSR count). The summed E-state index contributed by atoms with van der Waals surface area (Å²) in [6, 6.07) is 16.2. The highest BCUT2D eigenvalue weighted by Crippen LogP contribution is 2.26. The van der Waals surface area contributed by atoms with Crippen molar-refractivity contribution in [2.75, 3.05) is 14.2 Å². The van der Waals surface area contributed by atoms with Crippen molar-refractivity contribution < 1.29 is 9.47 Å². The Balaban J connectivity index is 2.32. The predicted molar refractivity (Wildman–Crippen MR) is 78.7 cm³/mol. The maximum Gasteiger partial charge on any atom is 0.118 e. The van der Waals surface area contributed by atoms with Gasteiger partial charge in [0.2, 0.25) is 0 Å². The Morgan fingerprint density at radius 2 is 1.11 bits per heavy atom. The third kappa shape index (κ3) is 2.97. The second-order valence-electron chi connectivity index (χ2n) is 4.16. The molecule has 0 amide bonds. The van der Waals surface area contributed by atoms with E-state index in [0.717, 1.165) is 11.5 Å². The van der Waals surface area contributed by atoms with Crippen LogP contribution in [0.4, 0.5) is 0 Å². The van der Waals surface area contributed by atoms with Crippen molar-refractivity contribution in [1.29, 1.82) is 0 Å². The molecule has 0 saturated heterocycles. The fourth-order valence-electron chi connectivity index (χ4n) is 2.04. The van der Waals surface area contributed by atoms with Crippen molar-refractivity contribution in [1.82, 2.24) is 0 Å². The molecular weight excluding hydrogens is 236 g/mol. The summed E-state index contributed by atoms with van der Waals surface area (Å²) in [6.45, 7) is 2.05. The standard InChI is InChI=1S/C17H18O2/c1-4-17(13-5-9-15(18-2)10-6-13)14-7-11-16(19-3)12-8-14/h4-12H,1-3H3. The van der Waals surface area contributed by atoms with Crippen LogP contribution in [0.25, 0.3) is 5.57 Å². The van der Waals surface area contributed by atoms with Crippen LogP contribution in [0.2, 0.25) is 0 Å². The molecule has 19 heavy (non-hydrogen) atoms. The fraction of sp³-hybridized carbons (Fsp3) is 0.176. The molecule has 0 aliphatic carbocycles. The maximum absolute atomic E-state index is 5.18. The molecule has 0 aliphatic rings. The summed E-state index contributed by atoms with van der Waals surface area (Å²) < 4.78 is 10.4. The largest absolute Gasteiger partial charge is 0.497 e. The lowest BCUT2D eigenvalue weighted by Crippen LogP contribution is -1.89. The lowest BCUT2D eigenvalue weighted by molar-refractivity contribution is 0.414. The quantitative estimate of drug-likeness (QED) is 0.815. The molecule has 2 nitrogen and oxygen atoms in total. The Bertz CT molecular complexity index is 501. The van der Waals surface area contributed by atoms with Crippen molar-refractivity contribution in [3.8, 4) is 11.5 Å². The minimum absolute atomic E-state index is 0.869. The Morgan fingerprint density at radius 1 is 0.737 bits per heavy atom. The van der Waals surface area contributed by atoms with Gasteiger partial charge in [0.05, 0.1) is 14.2 Å². The minimum Gasteiger partial charge on any atom is -0.497 e. The molecule has 0 N–H and O–H groups in total. The van der Waals surface area contributed by atoms with E-state index in [0.29, 0.717) is 0 Å². The van der Waals surface area contributed by atoms with Crippen molar-refractivity contribution in [2.24, 2.45) is 0 Å². The number of ether oxygens (including phenoxy) is 2. The van der Waals surface area contributed by atoms with Crippen molar-refractivity contribution >= 4 is 5.57 Å². The first-order valence-electron chi connectivity index (χ1n) is 6.23. The highest BCUT2D eigenvalue weighted by molar-refractivity contribution is 5.79. The topological polar surface area (TPSA) is 18.5 Å². The number of benzene rings is 2. The van der Waals surface area contributed by atoms with E-state index in [1.165, 1.54) is 16.7 Å². The van der Waals surface area contributed by atoms with Gasteiger partial charge in [-0.25, -0.2) is 0 Å². The van der Waals surface area contributed by atoms with Crippen LogP contribution in [0.3, 0.4) is 0 Å². The zero-order chi connectivity index (χ0) is 13.7. The molecule has 0 heterocycles. The third-order valence-electron chi connectivity index (χ3n) is 3.09. The van der Waals surface area contributed by atoms with Crippen LogP contribution in [0.1, 0.15) is 18.1 Å². The third-order valence-corrected chi connectivity index (χ3v) is 3.09. The Kier molecular flexibility index (Phi) is 4.24. The molecule has 0 saturated carbocycles. The van der Waals surface area contributed by atoms with E-state index in [-0.39, 0.29) is 0 Å². The van der Waals surface area contributed by atoms with Crippen molar-refractivity contribution in [2.45, 2.75) is 6.92 Å². The first-order valence-corrected chi connectivity index (χ1v) is 6.23. The maximum atomic E-state index is 5.18. The van der Waals surface area contributed by atoms with Crippen LogP contribution in [0, 0.1) is 0 Å². The number of methoxy groups -OCH3 is 2. The molecular formula is C17H18O2. The molecule has 2 aromatic rings. The first-order chi connectivity index (χ1) is 9.28. The average molecular weight is 254 g/mol. The highest BCUT2D eigenvalue weighted by atomic mass is 16.5. The zero-order valence-electron chi connectivity index (χ0n) is 11.5. The van der Waals surface area contributed by atoms with Crippen LogP contribution < -0.4 is 9.47 Å². The van der Waals surface area contributed by atoms with Gasteiger partial charge < -0.3 is 9.47 Å². The summed E-state index contributed by atoms with van der Waals surface area (Å²) in [5.41, 5.74) is 3.55. The van der Waals surface area contributed by atoms with Gasteiger partial charge in [0, 0.05) is 0 Å². The van der Waals surface area contributed by atoms with E-state index in [1.54, 1.807) is 14.2 Å². The average Bonchev–Trinajstić information content (AvgIpc) is 2.49. The second kappa shape index (κ2) is 6.10. The Labute approximate surface area is 114 Å². The smallest absolute Gasteiger partial charge is 0.118 e. The number of hydrogen-bond donors (Lipinski definition) is 0. The number of allylic oxidation sites excluding steroid dienone is 1. The van der Waals surface area contributed by atoms with Gasteiger partial charge in [-0.15, -0.1) is 0 Å². The van der Waals surface area contributed by atoms with Crippen LogP contribution >= 0.6 is 0 Å². The van der Waals surface area contributed by atoms with Gasteiger partial charge >= 0.3 is 0 Å². The fourth-order valence-corrected chi connectivity index (χ4v) is 2.04. The van der Waals surface area contributed by atoms with E-state index in [4.69, 9.17) is 9.47 Å². The first kappa shape index (κ1) is 13.2. The molecule has 2 aromatic carbocycles. The van der Waals surface area contributed by atoms with Gasteiger partial charge in [-0.1, -0.05) is 30.3 Å². The lowest BCUT2D eigenvalue weighted by atomic mass is 9.98. The normalized spacial score (nSPS) is 9.84. The Hall–Kier alpha value is -2.22. The molecule has 2 heteroatoms. The van der Waals surface area contributed by atoms with Gasteiger partial charge in [0.1, 0.15) is 11.5 Å². The van der Waals surface area contributed by atoms with E-state index in [1.807, 2.05) is 31.2 Å². The molecule has 0 fully saturated rings. The summed E-state index contributed by atoms with van der Waals surface area (Å²) >= 11 is 0. The van der Waals surface area contributed by atoms with E-state index in [2.05, 4.69) is 30.3 Å². The van der Waals surface area contributed by atoms with Crippen LogP contribution in [-0.4, -0.2) is 14.2 Å². The van der Waals surface area contributed by atoms with Gasteiger partial charge in [0.25, 0.3) is 0 Å². The summed E-state index contributed by atoms with van der Waals surface area (Å²) in [4.78, 5) is 0. The lowest BCUT2D eigenvalue weighted by Gasteiger charge is -2.09. The van der Waals surface area contributed by atoms with Crippen LogP contribution in [0.15, 0.2) is 54.6 Å². The molecule has 0 aliphatic heterocycles. The molecule has 0 aromatic heterocycles. The Morgan fingerprint density at radius 3 is 1.37 bits per heavy atom. The monoisotopic (exact) mass is 254 g/mol. The van der Waals surface area contributed by atoms with Crippen LogP contribution in [-0.2, 0) is 0 Å². The van der Waals surface area contributed by atoms with Gasteiger partial charge in [0.15, 0.2) is 0 Å². The van der Waals surface area contributed by atoms with E-state index in [9.17, 15) is 0 Å². The van der Waals surface area contributed by atoms with E-state index < -0.39 is 0 Å². The van der Waals surface area contributed by atoms with Gasteiger partial charge in [-0.05, 0) is 47.9 Å². The molecule has 0 radical (unpaired) electrons. The SMILES string of the molecule is CC=C(c1ccc(OC)cc1)c1ccc(OC)cc1. The molecule has 98 valence electrons. The minimum atomic E-state index is 0.869.